The van der Waals surface area contributed by atoms with E-state index >= 15 is 0 Å². The Hall–Kier alpha value is -1.85. The molecular weight excluding hydrogens is 795 g/mol. The highest BCUT2D eigenvalue weighted by molar-refractivity contribution is 14.1. The molecule has 3 fully saturated rings. The zero-order valence-electron chi connectivity index (χ0n) is 20.6. The predicted molar refractivity (Wildman–Crippen MR) is 127 cm³/mol. The van der Waals surface area contributed by atoms with Crippen LogP contribution in [0.2, 0.25) is 0 Å². The van der Waals surface area contributed by atoms with Crippen LogP contribution in [0.3, 0.4) is 0 Å². The highest BCUT2D eigenvalue weighted by Gasteiger charge is 2.83. The first-order valence-corrected chi connectivity index (χ1v) is 16.2. The Morgan fingerprint density at radius 3 is 2.05 bits per heavy atom. The predicted octanol–water partition coefficient (Wildman–Crippen LogP) is -0.693. The molecule has 3 saturated heterocycles. The minimum atomic E-state index is -7.50. The third kappa shape index (κ3) is 5.94. The van der Waals surface area contributed by atoms with Crippen LogP contribution < -0.4 is 4.13 Å². The lowest BCUT2D eigenvalue weighted by Gasteiger charge is -2.31. The molecule has 3 heterocycles. The van der Waals surface area contributed by atoms with E-state index in [0.717, 1.165) is 0 Å². The lowest BCUT2D eigenvalue weighted by molar-refractivity contribution is -0.246. The van der Waals surface area contributed by atoms with Gasteiger partial charge in [-0.15, -0.1) is 0 Å². The van der Waals surface area contributed by atoms with Crippen LogP contribution in [0, 0.1) is 11.8 Å². The zero-order valence-corrected chi connectivity index (χ0v) is 25.2. The number of carbonyl (C=O) groups is 3. The summed E-state index contributed by atoms with van der Waals surface area (Å²) in [6.45, 7) is 2.17. The lowest BCUT2D eigenvalue weighted by atomic mass is 9.78. The van der Waals surface area contributed by atoms with E-state index in [4.69, 9.17) is 14.2 Å². The molecule has 1 N–H and O–H groups in total. The second-order valence-corrected chi connectivity index (χ2v) is 14.9. The van der Waals surface area contributed by atoms with Crippen LogP contribution in [0.25, 0.3) is 0 Å². The van der Waals surface area contributed by atoms with Gasteiger partial charge < -0.3 is 18.9 Å². The van der Waals surface area contributed by atoms with Crippen molar-refractivity contribution in [3.8, 4) is 0 Å². The molecule has 3 aliphatic rings. The van der Waals surface area contributed by atoms with Crippen molar-refractivity contribution in [1.29, 1.82) is 0 Å². The van der Waals surface area contributed by atoms with E-state index in [0.29, 0.717) is 0 Å². The van der Waals surface area contributed by atoms with Gasteiger partial charge in [0.15, 0.2) is 6.10 Å². The Kier molecular flexibility index (Phi) is 9.53. The number of alkyl halides is 6. The molecule has 6 atom stereocenters. The molecule has 3 rings (SSSR count). The summed E-state index contributed by atoms with van der Waals surface area (Å²) in [5, 5.41) is -14.1. The van der Waals surface area contributed by atoms with E-state index in [-0.39, 0.29) is 14.8 Å². The van der Waals surface area contributed by atoms with Gasteiger partial charge in [0.2, 0.25) is 0 Å². The summed E-state index contributed by atoms with van der Waals surface area (Å²) in [7, 11) is -20.8. The molecule has 0 saturated carbocycles. The van der Waals surface area contributed by atoms with E-state index in [1.54, 1.807) is 0 Å². The highest BCUT2D eigenvalue weighted by atomic mass is 127. The first kappa shape index (κ1) is 35.6. The number of sulfonamides is 1. The number of hydrogen-bond acceptors (Lipinski definition) is 15. The van der Waals surface area contributed by atoms with Crippen molar-refractivity contribution in [3.63, 3.8) is 0 Å². The van der Waals surface area contributed by atoms with Crippen LogP contribution in [0.1, 0.15) is 0 Å². The Morgan fingerprint density at radius 2 is 1.51 bits per heavy atom. The minimum Gasteiger partial charge on any atom is -0.462 e. The maximum Gasteiger partial charge on any atom is 0.439 e. The van der Waals surface area contributed by atoms with Gasteiger partial charge in [-0.25, -0.2) is 17.4 Å². The van der Waals surface area contributed by atoms with Gasteiger partial charge in [-0.2, -0.15) is 43.2 Å². The van der Waals surface area contributed by atoms with Gasteiger partial charge in [-0.1, -0.05) is 10.7 Å². The molecule has 0 spiro atoms. The minimum absolute atomic E-state index is 0.0304. The third-order valence-electron chi connectivity index (χ3n) is 6.01. The summed E-state index contributed by atoms with van der Waals surface area (Å²) in [6.07, 6.45) is -7.19. The number of carbonyl (C=O) groups excluding carboxylic acids is 3. The number of fused-ring (bicyclic) bond motifs is 1. The number of halogens is 7. The Balaban J connectivity index is 1.79. The molecule has 246 valence electrons. The smallest absolute Gasteiger partial charge is 0.439 e. The monoisotopic (exact) mass is 811 g/mol. The fourth-order valence-electron chi connectivity index (χ4n) is 4.12. The number of esters is 3. The Bertz CT molecular complexity index is 1540. The molecule has 26 heteroatoms. The normalized spacial score (nSPS) is 27.6. The summed E-state index contributed by atoms with van der Waals surface area (Å²) in [6, 6.07) is 0. The summed E-state index contributed by atoms with van der Waals surface area (Å²) < 4.78 is 182. The standard InChI is InChI=1S/C17H16F6INO15S3/c1-5(24)12(26)36-3-4-37-13(27)6-7-8-10(39-14(7)28)11(9(6)38-8)40-43(33,34)25-41(29,30)16(20,21)15(18,19)17(22,23)42(31,32)35-2/h6-11,25H,1,3-4H2,2H3. The summed E-state index contributed by atoms with van der Waals surface area (Å²) in [4.78, 5) is 36.3. The number of rotatable bonds is 14. The number of nitrogens with one attached hydrogen (secondary N) is 1. The second-order valence-electron chi connectivity index (χ2n) is 8.56. The quantitative estimate of drug-likeness (QED) is 0.0436. The molecule has 0 radical (unpaired) electrons. The van der Waals surface area contributed by atoms with Crippen LogP contribution in [-0.4, -0.2) is 104 Å². The first-order valence-electron chi connectivity index (χ1n) is 10.8. The van der Waals surface area contributed by atoms with Crippen molar-refractivity contribution < 1.29 is 93.3 Å². The van der Waals surface area contributed by atoms with E-state index in [9.17, 15) is 66.0 Å². The van der Waals surface area contributed by atoms with E-state index < -0.39 is 114 Å². The van der Waals surface area contributed by atoms with E-state index in [1.165, 1.54) is 22.6 Å². The van der Waals surface area contributed by atoms with Crippen LogP contribution >= 0.6 is 22.6 Å². The fourth-order valence-corrected chi connectivity index (χ4v) is 7.62. The van der Waals surface area contributed by atoms with Crippen LogP contribution in [0.5, 0.6) is 0 Å². The van der Waals surface area contributed by atoms with Crippen LogP contribution in [0.4, 0.5) is 26.3 Å². The number of hydrogen-bond donors (Lipinski definition) is 1. The van der Waals surface area contributed by atoms with Gasteiger partial charge in [-0.3, -0.25) is 13.8 Å². The lowest BCUT2D eigenvalue weighted by Crippen LogP contribution is -2.63. The van der Waals surface area contributed by atoms with Crippen LogP contribution in [0.15, 0.2) is 10.2 Å². The molecule has 0 amide bonds. The fraction of sp³-hybridized carbons (Fsp3) is 0.706. The summed E-state index contributed by atoms with van der Waals surface area (Å²) in [5.74, 6) is -13.8. The molecule has 0 aliphatic carbocycles. The number of ether oxygens (including phenoxy) is 4. The van der Waals surface area contributed by atoms with Crippen molar-refractivity contribution >= 4 is 70.9 Å². The van der Waals surface area contributed by atoms with Crippen molar-refractivity contribution in [2.24, 2.45) is 11.8 Å². The maximum absolute atomic E-state index is 14.2. The maximum atomic E-state index is 14.2. The topological polar surface area (TPSA) is 221 Å². The van der Waals surface area contributed by atoms with Gasteiger partial charge in [0.25, 0.3) is 10.0 Å². The van der Waals surface area contributed by atoms with Crippen molar-refractivity contribution in [2.75, 3.05) is 20.3 Å². The van der Waals surface area contributed by atoms with Gasteiger partial charge in [0.1, 0.15) is 43.4 Å². The zero-order chi connectivity index (χ0) is 33.1. The van der Waals surface area contributed by atoms with Crippen molar-refractivity contribution in [3.05, 3.63) is 10.2 Å². The summed E-state index contributed by atoms with van der Waals surface area (Å²) >= 11 is 1.54. The first-order chi connectivity index (χ1) is 19.4. The largest absolute Gasteiger partial charge is 0.462 e. The van der Waals surface area contributed by atoms with Gasteiger partial charge >= 0.3 is 54.8 Å². The molecule has 2 bridgehead atoms. The average Bonchev–Trinajstić information content (AvgIpc) is 3.49. The molecule has 0 aromatic heterocycles. The van der Waals surface area contributed by atoms with Gasteiger partial charge in [0.05, 0.1) is 10.7 Å². The van der Waals surface area contributed by atoms with Crippen molar-refractivity contribution in [1.82, 2.24) is 4.13 Å². The molecule has 43 heavy (non-hydrogen) atoms. The highest BCUT2D eigenvalue weighted by Crippen LogP contribution is 2.53. The average molecular weight is 811 g/mol. The molecular formula is C17H16F6INO15S3. The van der Waals surface area contributed by atoms with E-state index in [2.05, 4.69) is 19.7 Å². The Morgan fingerprint density at radius 1 is 0.953 bits per heavy atom. The third-order valence-corrected chi connectivity index (χ3v) is 10.9. The van der Waals surface area contributed by atoms with Gasteiger partial charge in [-0.05, 0) is 22.6 Å². The van der Waals surface area contributed by atoms with Crippen LogP contribution in [-0.2, 0) is 72.1 Å². The van der Waals surface area contributed by atoms with E-state index in [1.807, 2.05) is 0 Å². The molecule has 0 aromatic rings. The molecule has 3 aliphatic heterocycles. The van der Waals surface area contributed by atoms with Crippen molar-refractivity contribution in [2.45, 2.75) is 40.8 Å². The Labute approximate surface area is 250 Å². The molecule has 6 unspecified atom stereocenters. The second kappa shape index (κ2) is 11.5. The van der Waals surface area contributed by atoms with Gasteiger partial charge in [0, 0.05) is 0 Å². The SMILES string of the molecule is C=C(I)C(=O)OCCOC(=O)C1C2OC3C(OC(=O)C31)C2OS(=O)(=O)NS(=O)(=O)C(F)(F)C(F)(F)C(F)(F)S(=O)(=O)OC. The molecule has 0 aromatic carbocycles. The summed E-state index contributed by atoms with van der Waals surface area (Å²) in [5.41, 5.74) is 0. The molecule has 16 nitrogen and oxygen atoms in total.